The van der Waals surface area contributed by atoms with Crippen molar-refractivity contribution in [3.05, 3.63) is 35.6 Å². The van der Waals surface area contributed by atoms with Gasteiger partial charge >= 0.3 is 0 Å². The summed E-state index contributed by atoms with van der Waals surface area (Å²) in [4.78, 5) is 4.06. The lowest BCUT2D eigenvalue weighted by atomic mass is 10.2. The van der Waals surface area contributed by atoms with Crippen LogP contribution in [0.2, 0.25) is 0 Å². The van der Waals surface area contributed by atoms with Crippen molar-refractivity contribution in [3.8, 4) is 0 Å². The zero-order chi connectivity index (χ0) is 13.2. The smallest absolute Gasteiger partial charge is 0.191 e. The molecule has 6 heteroatoms. The van der Waals surface area contributed by atoms with Crippen LogP contribution in [0.4, 0.5) is 4.39 Å². The molecule has 0 saturated carbocycles. The summed E-state index contributed by atoms with van der Waals surface area (Å²) in [6.45, 7) is 1.89. The van der Waals surface area contributed by atoms with Gasteiger partial charge in [0.15, 0.2) is 5.96 Å². The Morgan fingerprint density at radius 1 is 1.32 bits per heavy atom. The van der Waals surface area contributed by atoms with E-state index in [-0.39, 0.29) is 29.8 Å². The molecule has 0 aliphatic rings. The van der Waals surface area contributed by atoms with Gasteiger partial charge in [-0.15, -0.1) is 24.0 Å². The molecule has 4 nitrogen and oxygen atoms in total. The summed E-state index contributed by atoms with van der Waals surface area (Å²) in [6, 6.07) is 6.69. The number of methoxy groups -OCH3 is 1. The van der Waals surface area contributed by atoms with Crippen LogP contribution in [0, 0.1) is 5.82 Å². The van der Waals surface area contributed by atoms with Gasteiger partial charge in [-0.1, -0.05) is 18.2 Å². The van der Waals surface area contributed by atoms with Crippen LogP contribution in [0.15, 0.2) is 29.3 Å². The lowest BCUT2D eigenvalue weighted by molar-refractivity contribution is 0.195. The Kier molecular flexibility index (Phi) is 10.5. The SMILES string of the molecule is CN=C(NCCCOC)NCc1ccccc1F.I. The van der Waals surface area contributed by atoms with E-state index in [1.165, 1.54) is 6.07 Å². The second-order valence-electron chi connectivity index (χ2n) is 3.79. The van der Waals surface area contributed by atoms with Crippen molar-refractivity contribution >= 4 is 29.9 Å². The van der Waals surface area contributed by atoms with E-state index in [4.69, 9.17) is 4.74 Å². The number of ether oxygens (including phenoxy) is 1. The van der Waals surface area contributed by atoms with Crippen LogP contribution >= 0.6 is 24.0 Å². The standard InChI is InChI=1S/C13H20FN3O.HI/c1-15-13(16-8-5-9-18-2)17-10-11-6-3-4-7-12(11)14;/h3-4,6-7H,5,8-10H2,1-2H3,(H2,15,16,17);1H. The van der Waals surface area contributed by atoms with Crippen LogP contribution < -0.4 is 10.6 Å². The highest BCUT2D eigenvalue weighted by molar-refractivity contribution is 14.0. The van der Waals surface area contributed by atoms with E-state index < -0.39 is 0 Å². The predicted molar refractivity (Wildman–Crippen MR) is 86.5 cm³/mol. The molecular formula is C13H21FIN3O. The largest absolute Gasteiger partial charge is 0.385 e. The van der Waals surface area contributed by atoms with Crippen molar-refractivity contribution in [1.82, 2.24) is 10.6 Å². The average Bonchev–Trinajstić information content (AvgIpc) is 2.40. The fourth-order valence-electron chi connectivity index (χ4n) is 1.46. The van der Waals surface area contributed by atoms with E-state index in [1.54, 1.807) is 26.3 Å². The predicted octanol–water partition coefficient (Wildman–Crippen LogP) is 2.15. The van der Waals surface area contributed by atoms with Gasteiger partial charge in [0.2, 0.25) is 0 Å². The molecule has 1 rings (SSSR count). The third kappa shape index (κ3) is 7.31. The monoisotopic (exact) mass is 381 g/mol. The first-order chi connectivity index (χ1) is 8.77. The summed E-state index contributed by atoms with van der Waals surface area (Å²) in [7, 11) is 3.36. The molecule has 0 spiro atoms. The number of hydrogen-bond donors (Lipinski definition) is 2. The minimum absolute atomic E-state index is 0. The zero-order valence-corrected chi connectivity index (χ0v) is 13.6. The maximum absolute atomic E-state index is 13.4. The molecule has 1 aromatic carbocycles. The van der Waals surface area contributed by atoms with Crippen LogP contribution in [-0.4, -0.2) is 33.3 Å². The van der Waals surface area contributed by atoms with Crippen molar-refractivity contribution in [1.29, 1.82) is 0 Å². The van der Waals surface area contributed by atoms with Crippen LogP contribution in [0.25, 0.3) is 0 Å². The van der Waals surface area contributed by atoms with E-state index in [9.17, 15) is 4.39 Å². The first kappa shape index (κ1) is 18.1. The molecule has 0 fully saturated rings. The van der Waals surface area contributed by atoms with Crippen LogP contribution in [0.3, 0.4) is 0 Å². The molecule has 0 aromatic heterocycles. The lowest BCUT2D eigenvalue weighted by Crippen LogP contribution is -2.37. The summed E-state index contributed by atoms with van der Waals surface area (Å²) in [5, 5.41) is 6.19. The molecule has 0 aliphatic carbocycles. The molecule has 108 valence electrons. The third-order valence-electron chi connectivity index (χ3n) is 2.45. The summed E-state index contributed by atoms with van der Waals surface area (Å²) in [6.07, 6.45) is 0.900. The Balaban J connectivity index is 0.00000324. The van der Waals surface area contributed by atoms with Crippen molar-refractivity contribution in [3.63, 3.8) is 0 Å². The highest BCUT2D eigenvalue weighted by Crippen LogP contribution is 2.05. The second-order valence-corrected chi connectivity index (χ2v) is 3.79. The fourth-order valence-corrected chi connectivity index (χ4v) is 1.46. The Morgan fingerprint density at radius 3 is 2.68 bits per heavy atom. The molecule has 0 aliphatic heterocycles. The molecule has 0 atom stereocenters. The minimum Gasteiger partial charge on any atom is -0.385 e. The van der Waals surface area contributed by atoms with Crippen molar-refractivity contribution in [2.24, 2.45) is 4.99 Å². The van der Waals surface area contributed by atoms with Crippen LogP contribution in [-0.2, 0) is 11.3 Å². The molecule has 19 heavy (non-hydrogen) atoms. The number of benzene rings is 1. The summed E-state index contributed by atoms with van der Waals surface area (Å²) < 4.78 is 18.3. The molecule has 0 heterocycles. The third-order valence-corrected chi connectivity index (χ3v) is 2.45. The Labute approximate surface area is 130 Å². The Hall–Kier alpha value is -0.890. The number of aliphatic imine (C=N–C) groups is 1. The summed E-state index contributed by atoms with van der Waals surface area (Å²) in [5.41, 5.74) is 0.623. The molecule has 0 saturated heterocycles. The van der Waals surface area contributed by atoms with E-state index in [0.29, 0.717) is 24.7 Å². The first-order valence-corrected chi connectivity index (χ1v) is 5.94. The zero-order valence-electron chi connectivity index (χ0n) is 11.3. The van der Waals surface area contributed by atoms with Crippen LogP contribution in [0.5, 0.6) is 0 Å². The van der Waals surface area contributed by atoms with Gasteiger partial charge in [0.1, 0.15) is 5.82 Å². The molecule has 0 radical (unpaired) electrons. The fraction of sp³-hybridized carbons (Fsp3) is 0.462. The normalized spacial score (nSPS) is 10.8. The van der Waals surface area contributed by atoms with Gasteiger partial charge in [0.25, 0.3) is 0 Å². The quantitative estimate of drug-likeness (QED) is 0.344. The maximum Gasteiger partial charge on any atom is 0.191 e. The number of guanidine groups is 1. The van der Waals surface area contributed by atoms with Gasteiger partial charge in [-0.05, 0) is 12.5 Å². The summed E-state index contributed by atoms with van der Waals surface area (Å²) >= 11 is 0. The molecule has 0 bridgehead atoms. The molecule has 2 N–H and O–H groups in total. The second kappa shape index (κ2) is 11.0. The number of rotatable bonds is 6. The average molecular weight is 381 g/mol. The summed E-state index contributed by atoms with van der Waals surface area (Å²) in [5.74, 6) is 0.453. The number of nitrogens with one attached hydrogen (secondary N) is 2. The first-order valence-electron chi connectivity index (χ1n) is 5.94. The van der Waals surface area contributed by atoms with Crippen LogP contribution in [0.1, 0.15) is 12.0 Å². The molecule has 0 unspecified atom stereocenters. The lowest BCUT2D eigenvalue weighted by Gasteiger charge is -2.12. The minimum atomic E-state index is -0.208. The number of hydrogen-bond acceptors (Lipinski definition) is 2. The van der Waals surface area contributed by atoms with E-state index in [2.05, 4.69) is 15.6 Å². The maximum atomic E-state index is 13.4. The van der Waals surface area contributed by atoms with Gasteiger partial charge < -0.3 is 15.4 Å². The van der Waals surface area contributed by atoms with Crippen molar-refractivity contribution < 1.29 is 9.13 Å². The van der Waals surface area contributed by atoms with E-state index in [1.807, 2.05) is 6.07 Å². The molecular weight excluding hydrogens is 360 g/mol. The van der Waals surface area contributed by atoms with Gasteiger partial charge in [-0.2, -0.15) is 0 Å². The molecule has 1 aromatic rings. The van der Waals surface area contributed by atoms with Gasteiger partial charge in [-0.25, -0.2) is 4.39 Å². The van der Waals surface area contributed by atoms with Crippen molar-refractivity contribution in [2.45, 2.75) is 13.0 Å². The Morgan fingerprint density at radius 2 is 2.05 bits per heavy atom. The van der Waals surface area contributed by atoms with Gasteiger partial charge in [0.05, 0.1) is 0 Å². The van der Waals surface area contributed by atoms with Gasteiger partial charge in [-0.3, -0.25) is 4.99 Å². The Bertz CT molecular complexity index is 388. The van der Waals surface area contributed by atoms with E-state index in [0.717, 1.165) is 13.0 Å². The molecule has 0 amide bonds. The van der Waals surface area contributed by atoms with E-state index >= 15 is 0 Å². The highest BCUT2D eigenvalue weighted by Gasteiger charge is 2.01. The topological polar surface area (TPSA) is 45.7 Å². The number of nitrogens with zero attached hydrogens (tertiary/aromatic N) is 1. The van der Waals surface area contributed by atoms with Crippen molar-refractivity contribution in [2.75, 3.05) is 27.3 Å². The highest BCUT2D eigenvalue weighted by atomic mass is 127. The van der Waals surface area contributed by atoms with Gasteiger partial charge in [0, 0.05) is 39.4 Å². The number of halogens is 2.